The Labute approximate surface area is 113 Å². The minimum Gasteiger partial charge on any atom is -0.384 e. The van der Waals surface area contributed by atoms with Crippen LogP contribution in [-0.4, -0.2) is 37.4 Å². The summed E-state index contributed by atoms with van der Waals surface area (Å²) < 4.78 is 1.58. The Morgan fingerprint density at radius 2 is 2.47 bits per heavy atom. The van der Waals surface area contributed by atoms with Crippen LogP contribution in [0.15, 0.2) is 18.9 Å². The van der Waals surface area contributed by atoms with Crippen LogP contribution in [0.25, 0.3) is 0 Å². The zero-order chi connectivity index (χ0) is 13.5. The van der Waals surface area contributed by atoms with Crippen molar-refractivity contribution >= 4 is 22.4 Å². The molecule has 1 amide bonds. The van der Waals surface area contributed by atoms with E-state index in [0.29, 0.717) is 23.0 Å². The van der Waals surface area contributed by atoms with E-state index in [4.69, 9.17) is 5.11 Å². The van der Waals surface area contributed by atoms with Gasteiger partial charge in [-0.25, -0.2) is 9.97 Å². The van der Waals surface area contributed by atoms with Crippen molar-refractivity contribution in [2.24, 2.45) is 0 Å². The van der Waals surface area contributed by atoms with Gasteiger partial charge in [-0.2, -0.15) is 5.10 Å². The van der Waals surface area contributed by atoms with E-state index in [9.17, 15) is 4.79 Å². The summed E-state index contributed by atoms with van der Waals surface area (Å²) in [5, 5.41) is 15.6. The number of hydrogen-bond donors (Lipinski definition) is 2. The molecule has 0 atom stereocenters. The summed E-state index contributed by atoms with van der Waals surface area (Å²) >= 11 is 1.26. The van der Waals surface area contributed by atoms with E-state index in [1.165, 1.54) is 17.7 Å². The molecule has 98 valence electrons. The van der Waals surface area contributed by atoms with Gasteiger partial charge in [0.15, 0.2) is 5.13 Å². The Balaban J connectivity index is 1.83. The number of carbonyl (C=O) groups is 1. The monoisotopic (exact) mass is 277 g/mol. The van der Waals surface area contributed by atoms with Crippen molar-refractivity contribution in [1.82, 2.24) is 19.7 Å². The van der Waals surface area contributed by atoms with E-state index in [0.717, 1.165) is 0 Å². The molecule has 0 bridgehead atoms. The van der Waals surface area contributed by atoms with Crippen LogP contribution in [0.5, 0.6) is 0 Å². The predicted molar refractivity (Wildman–Crippen MR) is 69.3 cm³/mol. The molecule has 0 radical (unpaired) electrons. The predicted octanol–water partition coefficient (Wildman–Crippen LogP) is 0.107. The van der Waals surface area contributed by atoms with Crippen molar-refractivity contribution in [1.29, 1.82) is 0 Å². The van der Waals surface area contributed by atoms with Crippen molar-refractivity contribution in [3.05, 3.63) is 23.7 Å². The Kier molecular flexibility index (Phi) is 4.60. The Hall–Kier alpha value is -2.24. The maximum absolute atomic E-state index is 11.6. The number of aliphatic hydroxyl groups is 1. The van der Waals surface area contributed by atoms with Gasteiger partial charge in [-0.05, 0) is 0 Å². The summed E-state index contributed by atoms with van der Waals surface area (Å²) in [6.45, 7) is 0.270. The van der Waals surface area contributed by atoms with Gasteiger partial charge in [0, 0.05) is 6.42 Å². The van der Waals surface area contributed by atoms with Crippen LogP contribution in [0.3, 0.4) is 0 Å². The fraction of sp³-hybridized carbons (Fsp3) is 0.273. The van der Waals surface area contributed by atoms with Gasteiger partial charge in [-0.15, -0.1) is 0 Å². The van der Waals surface area contributed by atoms with Crippen LogP contribution in [-0.2, 0) is 11.3 Å². The van der Waals surface area contributed by atoms with Crippen LogP contribution in [0.1, 0.15) is 11.3 Å². The highest BCUT2D eigenvalue weighted by Gasteiger charge is 2.06. The summed E-state index contributed by atoms with van der Waals surface area (Å²) in [6, 6.07) is 0. The van der Waals surface area contributed by atoms with Crippen LogP contribution in [0, 0.1) is 11.8 Å². The number of nitrogens with zero attached hydrogens (tertiary/aromatic N) is 4. The molecule has 2 rings (SSSR count). The Morgan fingerprint density at radius 1 is 1.58 bits per heavy atom. The summed E-state index contributed by atoms with van der Waals surface area (Å²) in [6.07, 6.45) is 4.82. The van der Waals surface area contributed by atoms with Gasteiger partial charge in [0.25, 0.3) is 0 Å². The second-order valence-electron chi connectivity index (χ2n) is 3.45. The molecule has 0 saturated carbocycles. The van der Waals surface area contributed by atoms with E-state index < -0.39 is 0 Å². The number of rotatable bonds is 4. The van der Waals surface area contributed by atoms with Crippen molar-refractivity contribution in [3.8, 4) is 11.8 Å². The van der Waals surface area contributed by atoms with Crippen molar-refractivity contribution in [3.63, 3.8) is 0 Å². The van der Waals surface area contributed by atoms with Crippen LogP contribution < -0.4 is 5.32 Å². The Bertz CT molecular complexity index is 596. The normalized spacial score (nSPS) is 9.74. The smallest absolute Gasteiger partial charge is 0.228 e. The summed E-state index contributed by atoms with van der Waals surface area (Å²) in [5.41, 5.74) is 0. The maximum Gasteiger partial charge on any atom is 0.228 e. The summed E-state index contributed by atoms with van der Waals surface area (Å²) in [7, 11) is 0. The molecule has 7 nitrogen and oxygen atoms in total. The SMILES string of the molecule is O=C(CCn1cncn1)Nc1ncc(C#CCO)s1. The minimum atomic E-state index is -0.197. The topological polar surface area (TPSA) is 92.9 Å². The highest BCUT2D eigenvalue weighted by atomic mass is 32.1. The van der Waals surface area contributed by atoms with E-state index in [-0.39, 0.29) is 12.5 Å². The van der Waals surface area contributed by atoms with Crippen molar-refractivity contribution < 1.29 is 9.90 Å². The van der Waals surface area contributed by atoms with Gasteiger partial charge in [0.1, 0.15) is 19.3 Å². The zero-order valence-corrected chi connectivity index (χ0v) is 10.7. The molecule has 0 aliphatic rings. The quantitative estimate of drug-likeness (QED) is 0.774. The van der Waals surface area contributed by atoms with Gasteiger partial charge in [-0.3, -0.25) is 9.48 Å². The zero-order valence-electron chi connectivity index (χ0n) is 9.91. The highest BCUT2D eigenvalue weighted by Crippen LogP contribution is 2.16. The number of aromatic nitrogens is 4. The summed E-state index contributed by atoms with van der Waals surface area (Å²) in [4.78, 5) is 20.2. The minimum absolute atomic E-state index is 0.147. The number of hydrogen-bond acceptors (Lipinski definition) is 6. The molecule has 2 aromatic rings. The van der Waals surface area contributed by atoms with Gasteiger partial charge in [-0.1, -0.05) is 23.2 Å². The number of anilines is 1. The molecule has 0 spiro atoms. The number of nitrogens with one attached hydrogen (secondary N) is 1. The second-order valence-corrected chi connectivity index (χ2v) is 4.48. The molecule has 0 fully saturated rings. The van der Waals surface area contributed by atoms with Crippen LogP contribution in [0.2, 0.25) is 0 Å². The first-order chi connectivity index (χ1) is 9.28. The first kappa shape index (κ1) is 13.2. The first-order valence-corrected chi connectivity index (χ1v) is 6.27. The molecule has 2 aromatic heterocycles. The largest absolute Gasteiger partial charge is 0.384 e. The average molecular weight is 277 g/mol. The highest BCUT2D eigenvalue weighted by molar-refractivity contribution is 7.16. The molecule has 0 aromatic carbocycles. The molecular formula is C11H11N5O2S. The number of thiazole rings is 1. The molecule has 19 heavy (non-hydrogen) atoms. The third kappa shape index (κ3) is 4.17. The number of aliphatic hydroxyl groups excluding tert-OH is 1. The van der Waals surface area contributed by atoms with E-state index >= 15 is 0 Å². The molecule has 2 heterocycles. The standard InChI is InChI=1S/C11H11N5O2S/c17-5-1-2-9-6-13-11(19-9)15-10(18)3-4-16-8-12-7-14-16/h6-8,17H,3-5H2,(H,13,15,18). The molecule has 8 heteroatoms. The third-order valence-electron chi connectivity index (χ3n) is 2.08. The number of carbonyl (C=O) groups excluding carboxylic acids is 1. The maximum atomic E-state index is 11.6. The molecule has 0 aliphatic carbocycles. The van der Waals surface area contributed by atoms with E-state index in [1.807, 2.05) is 0 Å². The fourth-order valence-electron chi connectivity index (χ4n) is 1.26. The molecule has 0 aliphatic heterocycles. The van der Waals surface area contributed by atoms with Gasteiger partial charge in [0.05, 0.1) is 17.6 Å². The van der Waals surface area contributed by atoms with Gasteiger partial charge in [0.2, 0.25) is 5.91 Å². The van der Waals surface area contributed by atoms with Crippen LogP contribution >= 0.6 is 11.3 Å². The fourth-order valence-corrected chi connectivity index (χ4v) is 1.97. The number of aryl methyl sites for hydroxylation is 1. The first-order valence-electron chi connectivity index (χ1n) is 5.46. The Morgan fingerprint density at radius 3 is 3.21 bits per heavy atom. The van der Waals surface area contributed by atoms with E-state index in [2.05, 4.69) is 32.2 Å². The van der Waals surface area contributed by atoms with E-state index in [1.54, 1.807) is 17.2 Å². The lowest BCUT2D eigenvalue weighted by Crippen LogP contribution is -2.14. The third-order valence-corrected chi connectivity index (χ3v) is 2.91. The lowest BCUT2D eigenvalue weighted by Gasteiger charge is -2.01. The lowest BCUT2D eigenvalue weighted by atomic mass is 10.4. The molecule has 0 unspecified atom stereocenters. The number of amides is 1. The molecular weight excluding hydrogens is 266 g/mol. The van der Waals surface area contributed by atoms with Gasteiger partial charge >= 0.3 is 0 Å². The van der Waals surface area contributed by atoms with Crippen molar-refractivity contribution in [2.75, 3.05) is 11.9 Å². The second kappa shape index (κ2) is 6.63. The van der Waals surface area contributed by atoms with Crippen molar-refractivity contribution in [2.45, 2.75) is 13.0 Å². The lowest BCUT2D eigenvalue weighted by molar-refractivity contribution is -0.116. The molecule has 0 saturated heterocycles. The van der Waals surface area contributed by atoms with Crippen LogP contribution in [0.4, 0.5) is 5.13 Å². The average Bonchev–Trinajstić information content (AvgIpc) is 3.05. The summed E-state index contributed by atoms with van der Waals surface area (Å²) in [5.74, 6) is 5.10. The molecule has 2 N–H and O–H groups in total. The van der Waals surface area contributed by atoms with Gasteiger partial charge < -0.3 is 10.4 Å².